The Morgan fingerprint density at radius 2 is 1.93 bits per heavy atom. The molecule has 0 bridgehead atoms. The van der Waals surface area contributed by atoms with Crippen LogP contribution < -0.4 is 5.32 Å². The van der Waals surface area contributed by atoms with Crippen molar-refractivity contribution in [3.63, 3.8) is 0 Å². The molecular weight excluding hydrogens is 182 g/mol. The van der Waals surface area contributed by atoms with Gasteiger partial charge in [0.05, 0.1) is 0 Å². The molecule has 0 aliphatic carbocycles. The second kappa shape index (κ2) is 4.66. The quantitative estimate of drug-likeness (QED) is 0.674. The third kappa shape index (κ3) is 5.20. The van der Waals surface area contributed by atoms with Crippen LogP contribution in [0.5, 0.6) is 0 Å². The van der Waals surface area contributed by atoms with Crippen molar-refractivity contribution in [3.8, 4) is 12.3 Å². The van der Waals surface area contributed by atoms with Crippen LogP contribution in [0.4, 0.5) is 4.79 Å². The van der Waals surface area contributed by atoms with Crippen LogP contribution in [0.3, 0.4) is 0 Å². The van der Waals surface area contributed by atoms with Crippen LogP contribution >= 0.6 is 0 Å². The van der Waals surface area contributed by atoms with Gasteiger partial charge in [-0.05, 0) is 27.7 Å². The maximum atomic E-state index is 11.2. The van der Waals surface area contributed by atoms with E-state index in [1.807, 2.05) is 0 Å². The Morgan fingerprint density at radius 1 is 1.43 bits per heavy atom. The molecule has 78 valence electrons. The van der Waals surface area contributed by atoms with Gasteiger partial charge < -0.3 is 10.1 Å². The van der Waals surface area contributed by atoms with Gasteiger partial charge in [0.15, 0.2) is 11.8 Å². The zero-order valence-electron chi connectivity index (χ0n) is 8.88. The van der Waals surface area contributed by atoms with Gasteiger partial charge in [0.25, 0.3) is 0 Å². The number of ether oxygens (including phenoxy) is 1. The minimum Gasteiger partial charge on any atom is -0.444 e. The van der Waals surface area contributed by atoms with Gasteiger partial charge >= 0.3 is 6.09 Å². The molecule has 1 N–H and O–H groups in total. The van der Waals surface area contributed by atoms with Crippen LogP contribution in [-0.4, -0.2) is 23.5 Å². The zero-order chi connectivity index (χ0) is 11.4. The number of rotatable bonds is 2. The fraction of sp³-hybridized carbons (Fsp3) is 0.600. The third-order valence-corrected chi connectivity index (χ3v) is 1.23. The molecule has 0 unspecified atom stereocenters. The van der Waals surface area contributed by atoms with Crippen LogP contribution in [0.25, 0.3) is 0 Å². The minimum absolute atomic E-state index is 0.293. The Kier molecular flexibility index (Phi) is 4.16. The highest BCUT2D eigenvalue weighted by atomic mass is 16.6. The average Bonchev–Trinajstić information content (AvgIpc) is 1.96. The SMILES string of the molecule is C#C[C@@H](NC(=O)OC(C)(C)C)C(C)=O. The Balaban J connectivity index is 4.20. The molecule has 0 saturated carbocycles. The normalized spacial score (nSPS) is 12.5. The predicted molar refractivity (Wildman–Crippen MR) is 52.7 cm³/mol. The largest absolute Gasteiger partial charge is 0.444 e. The van der Waals surface area contributed by atoms with Gasteiger partial charge in [-0.25, -0.2) is 4.79 Å². The molecule has 1 atom stereocenters. The summed E-state index contributed by atoms with van der Waals surface area (Å²) in [5.41, 5.74) is -0.597. The van der Waals surface area contributed by atoms with Crippen molar-refractivity contribution < 1.29 is 14.3 Å². The van der Waals surface area contributed by atoms with E-state index in [1.165, 1.54) is 6.92 Å². The highest BCUT2D eigenvalue weighted by Gasteiger charge is 2.20. The van der Waals surface area contributed by atoms with Crippen LogP contribution in [0.1, 0.15) is 27.7 Å². The molecule has 0 spiro atoms. The summed E-state index contributed by atoms with van der Waals surface area (Å²) in [6, 6.07) is -0.912. The average molecular weight is 197 g/mol. The molecule has 0 aromatic rings. The molecule has 0 rings (SSSR count). The summed E-state index contributed by atoms with van der Waals surface area (Å²) < 4.78 is 4.92. The van der Waals surface area contributed by atoms with Crippen molar-refractivity contribution in [2.75, 3.05) is 0 Å². The predicted octanol–water partition coefficient (Wildman–Crippen LogP) is 1.10. The topological polar surface area (TPSA) is 55.4 Å². The van der Waals surface area contributed by atoms with Gasteiger partial charge in [0.2, 0.25) is 0 Å². The van der Waals surface area contributed by atoms with E-state index in [0.717, 1.165) is 0 Å². The van der Waals surface area contributed by atoms with E-state index < -0.39 is 17.7 Å². The molecular formula is C10H15NO3. The molecule has 0 radical (unpaired) electrons. The molecule has 4 heteroatoms. The zero-order valence-corrected chi connectivity index (χ0v) is 8.88. The van der Waals surface area contributed by atoms with E-state index in [2.05, 4.69) is 11.2 Å². The van der Waals surface area contributed by atoms with Crippen molar-refractivity contribution in [1.82, 2.24) is 5.32 Å². The van der Waals surface area contributed by atoms with Crippen molar-refractivity contribution in [3.05, 3.63) is 0 Å². The van der Waals surface area contributed by atoms with E-state index in [4.69, 9.17) is 11.2 Å². The number of amides is 1. The number of ketones is 1. The first kappa shape index (κ1) is 12.5. The van der Waals surface area contributed by atoms with Gasteiger partial charge in [0.1, 0.15) is 5.60 Å². The molecule has 0 aliphatic heterocycles. The highest BCUT2D eigenvalue weighted by molar-refractivity contribution is 5.88. The van der Waals surface area contributed by atoms with Crippen molar-refractivity contribution in [2.24, 2.45) is 0 Å². The molecule has 0 fully saturated rings. The summed E-state index contributed by atoms with van der Waals surface area (Å²) in [4.78, 5) is 22.0. The Hall–Kier alpha value is -1.50. The molecule has 0 aromatic heterocycles. The third-order valence-electron chi connectivity index (χ3n) is 1.23. The number of alkyl carbamates (subject to hydrolysis) is 1. The van der Waals surface area contributed by atoms with Gasteiger partial charge in [-0.15, -0.1) is 6.42 Å². The summed E-state index contributed by atoms with van der Waals surface area (Å²) in [5, 5.41) is 2.28. The lowest BCUT2D eigenvalue weighted by Gasteiger charge is -2.20. The standard InChI is InChI=1S/C10H15NO3/c1-6-8(7(2)12)11-9(13)14-10(3,4)5/h1,8H,2-5H3,(H,11,13)/t8-/m1/s1. The van der Waals surface area contributed by atoms with E-state index in [-0.39, 0.29) is 5.78 Å². The molecule has 0 aromatic carbocycles. The first-order valence-corrected chi connectivity index (χ1v) is 4.22. The number of carbonyl (C=O) groups is 2. The number of terminal acetylenes is 1. The molecule has 14 heavy (non-hydrogen) atoms. The number of nitrogens with one attached hydrogen (secondary N) is 1. The molecule has 0 aliphatic rings. The second-order valence-electron chi connectivity index (χ2n) is 3.86. The summed E-state index contributed by atoms with van der Waals surface area (Å²) in [5.74, 6) is 1.86. The van der Waals surface area contributed by atoms with Crippen molar-refractivity contribution in [2.45, 2.75) is 39.3 Å². The van der Waals surface area contributed by atoms with Crippen LogP contribution in [-0.2, 0) is 9.53 Å². The second-order valence-corrected chi connectivity index (χ2v) is 3.86. The van der Waals surface area contributed by atoms with Crippen molar-refractivity contribution >= 4 is 11.9 Å². The van der Waals surface area contributed by atoms with Gasteiger partial charge in [0, 0.05) is 0 Å². The summed E-state index contributed by atoms with van der Waals surface area (Å²) in [6.07, 6.45) is 4.36. The molecule has 1 amide bonds. The lowest BCUT2D eigenvalue weighted by Crippen LogP contribution is -2.41. The Labute approximate surface area is 84.0 Å². The van der Waals surface area contributed by atoms with Gasteiger partial charge in [-0.2, -0.15) is 0 Å². The first-order valence-electron chi connectivity index (χ1n) is 4.22. The first-order chi connectivity index (χ1) is 6.26. The fourth-order valence-corrected chi connectivity index (χ4v) is 0.686. The summed E-state index contributed by atoms with van der Waals surface area (Å²) in [7, 11) is 0. The molecule has 0 heterocycles. The smallest absolute Gasteiger partial charge is 0.409 e. The highest BCUT2D eigenvalue weighted by Crippen LogP contribution is 2.06. The van der Waals surface area contributed by atoms with Crippen LogP contribution in [0.15, 0.2) is 0 Å². The summed E-state index contributed by atoms with van der Waals surface area (Å²) in [6.45, 7) is 6.49. The van der Waals surface area contributed by atoms with Crippen LogP contribution in [0, 0.1) is 12.3 Å². The van der Waals surface area contributed by atoms with E-state index >= 15 is 0 Å². The number of hydrogen-bond acceptors (Lipinski definition) is 3. The molecule has 0 saturated heterocycles. The van der Waals surface area contributed by atoms with E-state index in [1.54, 1.807) is 20.8 Å². The Bertz CT molecular complexity index is 270. The van der Waals surface area contributed by atoms with Crippen molar-refractivity contribution in [1.29, 1.82) is 0 Å². The van der Waals surface area contributed by atoms with E-state index in [9.17, 15) is 9.59 Å². The lowest BCUT2D eigenvalue weighted by atomic mass is 10.2. The maximum absolute atomic E-state index is 11.2. The van der Waals surface area contributed by atoms with Gasteiger partial charge in [-0.3, -0.25) is 4.79 Å². The number of Topliss-reactive ketones (excluding diaryl/α,β-unsaturated/α-hetero) is 1. The summed E-state index contributed by atoms with van der Waals surface area (Å²) >= 11 is 0. The fourth-order valence-electron chi connectivity index (χ4n) is 0.686. The van der Waals surface area contributed by atoms with Crippen LogP contribution in [0.2, 0.25) is 0 Å². The molecule has 4 nitrogen and oxygen atoms in total. The number of hydrogen-bond donors (Lipinski definition) is 1. The number of carbonyl (C=O) groups excluding carboxylic acids is 2. The monoisotopic (exact) mass is 197 g/mol. The van der Waals surface area contributed by atoms with E-state index in [0.29, 0.717) is 0 Å². The minimum atomic E-state index is -0.912. The van der Waals surface area contributed by atoms with Gasteiger partial charge in [-0.1, -0.05) is 5.92 Å². The lowest BCUT2D eigenvalue weighted by molar-refractivity contribution is -0.117. The Morgan fingerprint density at radius 3 is 2.21 bits per heavy atom. The maximum Gasteiger partial charge on any atom is 0.409 e.